The smallest absolute Gasteiger partial charge is 0.253 e. The first-order chi connectivity index (χ1) is 12.4. The van der Waals surface area contributed by atoms with Crippen LogP contribution >= 0.6 is 0 Å². The number of carbonyl (C=O) groups is 2. The van der Waals surface area contributed by atoms with Crippen molar-refractivity contribution < 1.29 is 9.59 Å². The number of rotatable bonds is 6. The molecule has 26 heavy (non-hydrogen) atoms. The lowest BCUT2D eigenvalue weighted by molar-refractivity contribution is -0.121. The van der Waals surface area contributed by atoms with Crippen LogP contribution in [0.25, 0.3) is 0 Å². The topological polar surface area (TPSA) is 79.0 Å². The van der Waals surface area contributed by atoms with E-state index < -0.39 is 0 Å². The van der Waals surface area contributed by atoms with E-state index in [4.69, 9.17) is 0 Å². The molecule has 0 radical (unpaired) electrons. The summed E-state index contributed by atoms with van der Waals surface area (Å²) in [5.41, 5.74) is 5.28. The Morgan fingerprint density at radius 3 is 2.62 bits per heavy atom. The molecule has 1 aliphatic rings. The molecule has 0 saturated heterocycles. The van der Waals surface area contributed by atoms with Crippen molar-refractivity contribution in [1.82, 2.24) is 10.3 Å². The highest BCUT2D eigenvalue weighted by Crippen LogP contribution is 2.23. The highest BCUT2D eigenvalue weighted by atomic mass is 16.2. The van der Waals surface area contributed by atoms with Gasteiger partial charge in [0.2, 0.25) is 5.91 Å². The second-order valence-electron chi connectivity index (χ2n) is 6.98. The second kappa shape index (κ2) is 7.68. The van der Waals surface area contributed by atoms with Gasteiger partial charge in [-0.1, -0.05) is 12.1 Å². The van der Waals surface area contributed by atoms with Crippen LogP contribution in [-0.4, -0.2) is 16.7 Å². The minimum atomic E-state index is -0.223. The Kier molecular flexibility index (Phi) is 5.35. The number of fused-ring (bicyclic) bond motifs is 1. The number of hydrogen-bond donors (Lipinski definition) is 2. The molecule has 1 aliphatic carbocycles. The highest BCUT2D eigenvalue weighted by molar-refractivity contribution is 5.98. The van der Waals surface area contributed by atoms with Crippen molar-refractivity contribution in [1.29, 1.82) is 0 Å². The van der Waals surface area contributed by atoms with E-state index >= 15 is 0 Å². The molecule has 0 saturated carbocycles. The van der Waals surface area contributed by atoms with Gasteiger partial charge in [0.1, 0.15) is 0 Å². The monoisotopic (exact) mass is 352 g/mol. The van der Waals surface area contributed by atoms with E-state index in [9.17, 15) is 14.4 Å². The largest absolute Gasteiger partial charge is 0.352 e. The summed E-state index contributed by atoms with van der Waals surface area (Å²) in [5.74, 6) is -0.238. The van der Waals surface area contributed by atoms with Gasteiger partial charge in [0.25, 0.3) is 5.56 Å². The Morgan fingerprint density at radius 1 is 1.08 bits per heavy atom. The number of aromatic nitrogens is 1. The molecular weight excluding hydrogens is 328 g/mol. The molecule has 2 N–H and O–H groups in total. The predicted octanol–water partition coefficient (Wildman–Crippen LogP) is 2.76. The number of nitrogens with one attached hydrogen (secondary N) is 2. The molecule has 1 heterocycles. The van der Waals surface area contributed by atoms with E-state index in [1.54, 1.807) is 0 Å². The lowest BCUT2D eigenvalue weighted by atomic mass is 10.0. The number of carbonyl (C=O) groups excluding carboxylic acids is 2. The number of aromatic amines is 1. The first-order valence-electron chi connectivity index (χ1n) is 9.05. The van der Waals surface area contributed by atoms with Gasteiger partial charge in [-0.05, 0) is 61.9 Å². The molecule has 136 valence electrons. The maximum Gasteiger partial charge on any atom is 0.253 e. The van der Waals surface area contributed by atoms with Crippen LogP contribution in [0.15, 0.2) is 29.1 Å². The molecule has 5 nitrogen and oxygen atoms in total. The summed E-state index contributed by atoms with van der Waals surface area (Å²) in [5, 5.41) is 2.74. The molecule has 0 spiro atoms. The number of ketones is 1. The number of H-pyrrole nitrogens is 1. The summed E-state index contributed by atoms with van der Waals surface area (Å²) in [7, 11) is 0. The molecule has 1 amide bonds. The van der Waals surface area contributed by atoms with E-state index in [0.717, 1.165) is 30.5 Å². The van der Waals surface area contributed by atoms with Gasteiger partial charge in [-0.25, -0.2) is 0 Å². The molecule has 0 fully saturated rings. The summed E-state index contributed by atoms with van der Waals surface area (Å²) in [6, 6.07) is 7.74. The number of pyridine rings is 1. The van der Waals surface area contributed by atoms with Crippen molar-refractivity contribution in [3.05, 3.63) is 68.1 Å². The Bertz CT molecular complexity index is 912. The highest BCUT2D eigenvalue weighted by Gasteiger charge is 2.15. The van der Waals surface area contributed by atoms with E-state index in [2.05, 4.69) is 10.3 Å². The van der Waals surface area contributed by atoms with Crippen LogP contribution in [0.5, 0.6) is 0 Å². The van der Waals surface area contributed by atoms with Crippen LogP contribution in [0, 0.1) is 13.8 Å². The fourth-order valence-corrected chi connectivity index (χ4v) is 3.49. The maximum absolute atomic E-state index is 12.3. The summed E-state index contributed by atoms with van der Waals surface area (Å²) in [6.45, 7) is 3.84. The van der Waals surface area contributed by atoms with Gasteiger partial charge in [-0.2, -0.15) is 0 Å². The van der Waals surface area contributed by atoms with Gasteiger partial charge in [0.05, 0.1) is 0 Å². The Morgan fingerprint density at radius 2 is 1.85 bits per heavy atom. The summed E-state index contributed by atoms with van der Waals surface area (Å²) in [6.07, 6.45) is 3.56. The molecule has 2 aromatic rings. The normalized spacial score (nSPS) is 12.7. The van der Waals surface area contributed by atoms with Gasteiger partial charge in [0, 0.05) is 36.2 Å². The van der Waals surface area contributed by atoms with Crippen molar-refractivity contribution in [3.63, 3.8) is 0 Å². The van der Waals surface area contributed by atoms with Gasteiger partial charge in [0.15, 0.2) is 5.78 Å². The quantitative estimate of drug-likeness (QED) is 0.785. The van der Waals surface area contributed by atoms with Gasteiger partial charge in [-0.3, -0.25) is 14.4 Å². The van der Waals surface area contributed by atoms with Crippen molar-refractivity contribution >= 4 is 11.7 Å². The van der Waals surface area contributed by atoms with E-state index in [0.29, 0.717) is 11.1 Å². The molecule has 1 aromatic heterocycles. The molecule has 0 unspecified atom stereocenters. The average Bonchev–Trinajstić information content (AvgIpc) is 3.06. The fraction of sp³-hybridized carbons (Fsp3) is 0.381. The molecular formula is C21H24N2O3. The molecule has 0 aliphatic heterocycles. The van der Waals surface area contributed by atoms with Crippen LogP contribution in [0.2, 0.25) is 0 Å². The van der Waals surface area contributed by atoms with Crippen LogP contribution in [-0.2, 0) is 24.2 Å². The summed E-state index contributed by atoms with van der Waals surface area (Å²) in [4.78, 5) is 39.1. The predicted molar refractivity (Wildman–Crippen MR) is 100 cm³/mol. The first kappa shape index (κ1) is 18.1. The fourth-order valence-electron chi connectivity index (χ4n) is 3.49. The number of Topliss-reactive ketones (excluding diaryl/α,β-unsaturated/α-hetero) is 1. The zero-order valence-corrected chi connectivity index (χ0v) is 15.3. The van der Waals surface area contributed by atoms with Crippen LogP contribution in [0.1, 0.15) is 57.6 Å². The number of hydrogen-bond acceptors (Lipinski definition) is 3. The van der Waals surface area contributed by atoms with Gasteiger partial charge in [-0.15, -0.1) is 0 Å². The van der Waals surface area contributed by atoms with Gasteiger partial charge >= 0.3 is 0 Å². The lowest BCUT2D eigenvalue weighted by Gasteiger charge is -2.08. The van der Waals surface area contributed by atoms with Gasteiger partial charge < -0.3 is 10.3 Å². The van der Waals surface area contributed by atoms with Crippen LogP contribution < -0.4 is 10.9 Å². The van der Waals surface area contributed by atoms with Crippen molar-refractivity contribution in [2.45, 2.75) is 52.5 Å². The second-order valence-corrected chi connectivity index (χ2v) is 6.98. The average molecular weight is 352 g/mol. The third-order valence-electron chi connectivity index (χ3n) is 4.96. The number of benzene rings is 1. The molecule has 3 rings (SSSR count). The van der Waals surface area contributed by atoms with Crippen molar-refractivity contribution in [2.75, 3.05) is 0 Å². The number of aryl methyl sites for hydroxylation is 4. The van der Waals surface area contributed by atoms with Crippen LogP contribution in [0.4, 0.5) is 0 Å². The Balaban J connectivity index is 1.53. The minimum absolute atomic E-state index is 0.0146. The summed E-state index contributed by atoms with van der Waals surface area (Å²) >= 11 is 0. The van der Waals surface area contributed by atoms with E-state index in [1.165, 1.54) is 11.1 Å². The third-order valence-corrected chi connectivity index (χ3v) is 4.96. The molecule has 5 heteroatoms. The van der Waals surface area contributed by atoms with E-state index in [1.807, 2.05) is 38.1 Å². The standard InChI is InChI=1S/C21H24N2O3/c1-13-10-14(2)23-21(26)18(13)12-22-20(25)9-8-19(24)17-7-6-15-4-3-5-16(15)11-17/h6-7,10-11H,3-5,8-9,12H2,1-2H3,(H,22,25)(H,23,26). The zero-order valence-electron chi connectivity index (χ0n) is 15.3. The third kappa shape index (κ3) is 4.10. The zero-order chi connectivity index (χ0) is 18.7. The van der Waals surface area contributed by atoms with Crippen molar-refractivity contribution in [2.24, 2.45) is 0 Å². The van der Waals surface area contributed by atoms with E-state index in [-0.39, 0.29) is 36.6 Å². The maximum atomic E-state index is 12.3. The van der Waals surface area contributed by atoms with Crippen molar-refractivity contribution in [3.8, 4) is 0 Å². The Hall–Kier alpha value is -2.69. The minimum Gasteiger partial charge on any atom is -0.352 e. The first-order valence-corrected chi connectivity index (χ1v) is 9.05. The SMILES string of the molecule is Cc1cc(C)c(CNC(=O)CCC(=O)c2ccc3c(c2)CCC3)c(=O)[nH]1. The summed E-state index contributed by atoms with van der Waals surface area (Å²) < 4.78 is 0. The van der Waals surface area contributed by atoms with Crippen LogP contribution in [0.3, 0.4) is 0 Å². The Labute approximate surface area is 152 Å². The number of amides is 1. The molecule has 1 aromatic carbocycles. The lowest BCUT2D eigenvalue weighted by Crippen LogP contribution is -2.28. The molecule has 0 atom stereocenters. The molecule has 0 bridgehead atoms.